The van der Waals surface area contributed by atoms with Gasteiger partial charge in [0.2, 0.25) is 5.91 Å². The summed E-state index contributed by atoms with van der Waals surface area (Å²) in [7, 11) is 0. The number of carbonyl (C=O) groups is 4. The van der Waals surface area contributed by atoms with Crippen LogP contribution in [-0.2, 0) is 32.3 Å². The maximum absolute atomic E-state index is 12.9. The second kappa shape index (κ2) is 26.4. The highest BCUT2D eigenvalue weighted by Crippen LogP contribution is 2.06. The molecular formula is C34H52ClN7O7. The summed E-state index contributed by atoms with van der Waals surface area (Å²) < 4.78 is 10.7. The molecule has 0 aromatic heterocycles. The highest BCUT2D eigenvalue weighted by molar-refractivity contribution is 5.85. The van der Waals surface area contributed by atoms with Crippen LogP contribution in [0.3, 0.4) is 0 Å². The Morgan fingerprint density at radius 2 is 1.27 bits per heavy atom. The summed E-state index contributed by atoms with van der Waals surface area (Å²) in [4.78, 5) is 50.8. The summed E-state index contributed by atoms with van der Waals surface area (Å²) in [5, 5.41) is 27.9. The van der Waals surface area contributed by atoms with Crippen LogP contribution in [0.25, 0.3) is 0 Å². The van der Waals surface area contributed by atoms with Crippen LogP contribution >= 0.6 is 12.4 Å². The van der Waals surface area contributed by atoms with Gasteiger partial charge in [-0.3, -0.25) is 15.0 Å². The van der Waals surface area contributed by atoms with E-state index in [2.05, 4.69) is 21.3 Å². The van der Waals surface area contributed by atoms with Crippen LogP contribution in [0.5, 0.6) is 0 Å². The lowest BCUT2D eigenvalue weighted by atomic mass is 10.1. The molecule has 0 fully saturated rings. The van der Waals surface area contributed by atoms with Crippen LogP contribution < -0.4 is 27.0 Å². The van der Waals surface area contributed by atoms with Crippen LogP contribution in [0.15, 0.2) is 60.7 Å². The molecule has 0 saturated heterocycles. The monoisotopic (exact) mass is 705 g/mol. The number of aliphatic hydroxyl groups excluding tert-OH is 1. The third kappa shape index (κ3) is 21.1. The van der Waals surface area contributed by atoms with Crippen molar-refractivity contribution >= 4 is 42.4 Å². The van der Waals surface area contributed by atoms with Crippen molar-refractivity contribution in [1.29, 1.82) is 5.41 Å². The largest absolute Gasteiger partial charge is 0.445 e. The summed E-state index contributed by atoms with van der Waals surface area (Å²) in [5.41, 5.74) is 6.97. The number of carbonyl (C=O) groups excluding carboxylic acids is 4. The minimum absolute atomic E-state index is 0. The molecule has 0 radical (unpaired) electrons. The first-order valence-corrected chi connectivity index (χ1v) is 16.4. The molecule has 4 amide bonds. The van der Waals surface area contributed by atoms with Gasteiger partial charge >= 0.3 is 12.2 Å². The zero-order chi connectivity index (χ0) is 34.8. The van der Waals surface area contributed by atoms with Gasteiger partial charge < -0.3 is 46.5 Å². The number of amides is 4. The molecule has 2 aromatic rings. The molecule has 0 aliphatic carbocycles. The topological polar surface area (TPSA) is 208 Å². The van der Waals surface area contributed by atoms with Crippen molar-refractivity contribution in [1.82, 2.24) is 26.2 Å². The number of ether oxygens (including phenoxy) is 2. The van der Waals surface area contributed by atoms with Gasteiger partial charge in [0.1, 0.15) is 19.3 Å². The Hall–Kier alpha value is -4.56. The summed E-state index contributed by atoms with van der Waals surface area (Å²) in [6.45, 7) is 2.03. The molecule has 2 aromatic carbocycles. The summed E-state index contributed by atoms with van der Waals surface area (Å²) in [6.07, 6.45) is 2.76. The maximum Gasteiger partial charge on any atom is 0.410 e. The van der Waals surface area contributed by atoms with E-state index in [4.69, 9.17) is 20.6 Å². The number of hydrogen-bond donors (Lipinski definition) is 7. The molecule has 8 N–H and O–H groups in total. The molecule has 15 heteroatoms. The summed E-state index contributed by atoms with van der Waals surface area (Å²) in [6, 6.07) is 18.7. The number of aliphatic hydroxyl groups is 1. The third-order valence-corrected chi connectivity index (χ3v) is 7.15. The number of rotatable bonds is 23. The number of alkyl carbamates (subject to hydrolysis) is 1. The molecule has 1 unspecified atom stereocenters. The van der Waals surface area contributed by atoms with Gasteiger partial charge in [-0.15, -0.1) is 12.4 Å². The van der Waals surface area contributed by atoms with Crippen LogP contribution in [0.1, 0.15) is 62.5 Å². The van der Waals surface area contributed by atoms with Crippen LogP contribution in [0.4, 0.5) is 9.59 Å². The predicted octanol–water partition coefficient (Wildman–Crippen LogP) is 3.17. The zero-order valence-corrected chi connectivity index (χ0v) is 28.8. The first-order chi connectivity index (χ1) is 23.2. The van der Waals surface area contributed by atoms with Crippen molar-refractivity contribution < 1.29 is 33.8 Å². The number of nitrogens with one attached hydrogen (secondary N) is 5. The van der Waals surface area contributed by atoms with E-state index in [9.17, 15) is 24.3 Å². The van der Waals surface area contributed by atoms with Gasteiger partial charge in [0.05, 0.1) is 6.54 Å². The van der Waals surface area contributed by atoms with Crippen molar-refractivity contribution in [2.45, 2.75) is 70.7 Å². The van der Waals surface area contributed by atoms with E-state index >= 15 is 0 Å². The first kappa shape index (κ1) is 42.5. The number of hydrogen-bond acceptors (Lipinski definition) is 8. The molecular weight excluding hydrogens is 654 g/mol. The second-order valence-corrected chi connectivity index (χ2v) is 11.2. The number of halogens is 1. The molecule has 1 atom stereocenters. The maximum atomic E-state index is 12.9. The Morgan fingerprint density at radius 1 is 0.714 bits per heavy atom. The Bertz CT molecular complexity index is 1240. The van der Waals surface area contributed by atoms with E-state index in [1.54, 1.807) is 4.90 Å². The van der Waals surface area contributed by atoms with Gasteiger partial charge in [0, 0.05) is 39.1 Å². The second-order valence-electron chi connectivity index (χ2n) is 11.2. The van der Waals surface area contributed by atoms with E-state index < -0.39 is 24.2 Å². The molecule has 0 aliphatic rings. The molecule has 272 valence electrons. The fourth-order valence-electron chi connectivity index (χ4n) is 4.48. The standard InChI is InChI=1S/C34H51N7O7.ClH/c35-32(36)38-20-10-2-1-9-18-30(43)40-24-29(42)31(44)37-19-11-12-22-41(34(46)48-26-28-16-7-4-8-17-28)23-13-21-39-33(45)47-25-27-14-5-3-6-15-27;/h3-8,14-17,29,42H,1-2,9-13,18-26H2,(H,37,44)(H,39,45)(H,40,43)(H4,35,36,38);1H. The van der Waals surface area contributed by atoms with E-state index in [0.717, 1.165) is 30.4 Å². The predicted molar refractivity (Wildman–Crippen MR) is 189 cm³/mol. The molecule has 0 saturated carbocycles. The normalized spacial score (nSPS) is 10.9. The smallest absolute Gasteiger partial charge is 0.410 e. The van der Waals surface area contributed by atoms with Gasteiger partial charge in [-0.2, -0.15) is 0 Å². The van der Waals surface area contributed by atoms with Crippen molar-refractivity contribution in [2.24, 2.45) is 5.73 Å². The average molecular weight is 706 g/mol. The first-order valence-electron chi connectivity index (χ1n) is 16.4. The fraction of sp³-hybridized carbons (Fsp3) is 0.500. The minimum Gasteiger partial charge on any atom is -0.445 e. The van der Waals surface area contributed by atoms with Gasteiger partial charge in [-0.25, -0.2) is 9.59 Å². The number of benzene rings is 2. The van der Waals surface area contributed by atoms with Crippen molar-refractivity contribution in [2.75, 3.05) is 39.3 Å². The molecule has 0 spiro atoms. The summed E-state index contributed by atoms with van der Waals surface area (Å²) >= 11 is 0. The number of guanidine groups is 1. The lowest BCUT2D eigenvalue weighted by Gasteiger charge is -2.22. The van der Waals surface area contributed by atoms with E-state index in [1.165, 1.54) is 0 Å². The molecule has 14 nitrogen and oxygen atoms in total. The van der Waals surface area contributed by atoms with Crippen molar-refractivity contribution in [3.63, 3.8) is 0 Å². The zero-order valence-electron chi connectivity index (χ0n) is 28.0. The van der Waals surface area contributed by atoms with Gasteiger partial charge in [0.15, 0.2) is 5.96 Å². The van der Waals surface area contributed by atoms with E-state index in [-0.39, 0.29) is 50.6 Å². The molecule has 0 heterocycles. The summed E-state index contributed by atoms with van der Waals surface area (Å²) in [5.74, 6) is -0.877. The lowest BCUT2D eigenvalue weighted by Crippen LogP contribution is -2.43. The van der Waals surface area contributed by atoms with Crippen molar-refractivity contribution in [3.05, 3.63) is 71.8 Å². The molecule has 0 bridgehead atoms. The fourth-order valence-corrected chi connectivity index (χ4v) is 4.48. The highest BCUT2D eigenvalue weighted by atomic mass is 35.5. The van der Waals surface area contributed by atoms with Crippen molar-refractivity contribution in [3.8, 4) is 0 Å². The van der Waals surface area contributed by atoms with Crippen LogP contribution in [0.2, 0.25) is 0 Å². The van der Waals surface area contributed by atoms with E-state index in [1.807, 2.05) is 60.7 Å². The number of nitrogens with two attached hydrogens (primary N) is 1. The SMILES string of the molecule is Cl.N=C(N)NCCCCCCC(=O)NCC(O)C(=O)NCCCCN(CCCNC(=O)OCc1ccccc1)C(=O)OCc1ccccc1. The van der Waals surface area contributed by atoms with Crippen LogP contribution in [0, 0.1) is 5.41 Å². The molecule has 2 rings (SSSR count). The van der Waals surface area contributed by atoms with Crippen LogP contribution in [-0.4, -0.2) is 85.3 Å². The van der Waals surface area contributed by atoms with Gasteiger partial charge in [-0.1, -0.05) is 73.5 Å². The quantitative estimate of drug-likeness (QED) is 0.0514. The van der Waals surface area contributed by atoms with E-state index in [0.29, 0.717) is 58.3 Å². The number of nitrogens with zero attached hydrogens (tertiary/aromatic N) is 1. The molecule has 49 heavy (non-hydrogen) atoms. The molecule has 0 aliphatic heterocycles. The minimum atomic E-state index is -1.37. The Labute approximate surface area is 294 Å². The highest BCUT2D eigenvalue weighted by Gasteiger charge is 2.17. The Balaban J connectivity index is 0.0000120. The third-order valence-electron chi connectivity index (χ3n) is 7.15. The van der Waals surface area contributed by atoms with Gasteiger partial charge in [0.25, 0.3) is 5.91 Å². The average Bonchev–Trinajstić information content (AvgIpc) is 3.09. The van der Waals surface area contributed by atoms with Gasteiger partial charge in [-0.05, 0) is 43.2 Å². The number of unbranched alkanes of at least 4 members (excludes halogenated alkanes) is 4. The Morgan fingerprint density at radius 3 is 1.92 bits per heavy atom. The lowest BCUT2D eigenvalue weighted by molar-refractivity contribution is -0.129. The Kier molecular flexibility index (Phi) is 22.9.